The molecule has 2 unspecified atom stereocenters. The van der Waals surface area contributed by atoms with Gasteiger partial charge in [0.05, 0.1) is 23.4 Å². The first-order chi connectivity index (χ1) is 18.6. The van der Waals surface area contributed by atoms with Crippen molar-refractivity contribution in [3.05, 3.63) is 65.9 Å². The van der Waals surface area contributed by atoms with Crippen molar-refractivity contribution < 1.29 is 29.3 Å². The number of hydrogen-bond acceptors (Lipinski definition) is 7. The summed E-state index contributed by atoms with van der Waals surface area (Å²) in [6.07, 6.45) is 5.69. The van der Waals surface area contributed by atoms with Crippen LogP contribution in [-0.4, -0.2) is 51.2 Å². The Balaban J connectivity index is 1.30. The minimum atomic E-state index is -1.39. The Kier molecular flexibility index (Phi) is 5.29. The third-order valence-corrected chi connectivity index (χ3v) is 11.2. The SMILES string of the molecule is C[C@@]12CCC3=CC(=O)C=C[C@]3(C)[C@H]1[C@@H](O)C[C@@]1(C)[C@H]2C[C@H]2OC(c3ccc4ccccc4n3)OC21C(=O)CO. The number of allylic oxidation sites excluding steroid dienone is 4. The normalized spacial score (nSPS) is 44.4. The number of hydrogen-bond donors (Lipinski definition) is 2. The summed E-state index contributed by atoms with van der Waals surface area (Å²) in [5.41, 5.74) is -0.450. The van der Waals surface area contributed by atoms with Gasteiger partial charge in [0.2, 0.25) is 6.29 Å². The molecular formula is C32H35NO6. The summed E-state index contributed by atoms with van der Waals surface area (Å²) in [5.74, 6) is -0.514. The van der Waals surface area contributed by atoms with E-state index in [9.17, 15) is 19.8 Å². The van der Waals surface area contributed by atoms with Gasteiger partial charge in [-0.1, -0.05) is 56.7 Å². The number of carbonyl (C=O) groups excluding carboxylic acids is 2. The van der Waals surface area contributed by atoms with Gasteiger partial charge in [0.25, 0.3) is 0 Å². The first-order valence-corrected chi connectivity index (χ1v) is 14.0. The number of Topliss-reactive ketones (excluding diaryl/α,β-unsaturated/α-hetero) is 1. The van der Waals surface area contributed by atoms with E-state index in [4.69, 9.17) is 14.5 Å². The van der Waals surface area contributed by atoms with Crippen molar-refractivity contribution in [2.45, 2.75) is 70.6 Å². The number of ether oxygens (including phenoxy) is 2. The fraction of sp³-hybridized carbons (Fsp3) is 0.531. The number of nitrogens with zero attached hydrogens (tertiary/aromatic N) is 1. The van der Waals surface area contributed by atoms with Crippen LogP contribution >= 0.6 is 0 Å². The Hall–Kier alpha value is -2.71. The molecule has 1 aromatic heterocycles. The maximum Gasteiger partial charge on any atom is 0.202 e. The highest BCUT2D eigenvalue weighted by atomic mass is 16.7. The molecule has 2 N–H and O–H groups in total. The Morgan fingerprint density at radius 2 is 1.95 bits per heavy atom. The van der Waals surface area contributed by atoms with Crippen LogP contribution in [0.25, 0.3) is 10.9 Å². The molecule has 39 heavy (non-hydrogen) atoms. The van der Waals surface area contributed by atoms with Gasteiger partial charge < -0.3 is 19.7 Å². The van der Waals surface area contributed by atoms with Gasteiger partial charge in [-0.3, -0.25) is 9.59 Å². The second kappa shape index (κ2) is 8.16. The van der Waals surface area contributed by atoms with Crippen LogP contribution in [0, 0.1) is 28.1 Å². The lowest BCUT2D eigenvalue weighted by Gasteiger charge is -2.64. The lowest BCUT2D eigenvalue weighted by Crippen LogP contribution is -2.66. The zero-order valence-corrected chi connectivity index (χ0v) is 22.6. The van der Waals surface area contributed by atoms with Crippen molar-refractivity contribution in [2.24, 2.45) is 28.1 Å². The number of aromatic nitrogens is 1. The molecule has 7 heteroatoms. The summed E-state index contributed by atoms with van der Waals surface area (Å²) in [7, 11) is 0. The number of fused-ring (bicyclic) bond motifs is 8. The van der Waals surface area contributed by atoms with Crippen molar-refractivity contribution in [3.8, 4) is 0 Å². The van der Waals surface area contributed by atoms with E-state index in [0.29, 0.717) is 18.5 Å². The van der Waals surface area contributed by atoms with Crippen LogP contribution in [0.4, 0.5) is 0 Å². The van der Waals surface area contributed by atoms with Crippen LogP contribution in [0.5, 0.6) is 0 Å². The molecule has 2 aromatic rings. The number of para-hydroxylation sites is 1. The van der Waals surface area contributed by atoms with E-state index in [1.165, 1.54) is 0 Å². The molecular weight excluding hydrogens is 494 g/mol. The van der Waals surface area contributed by atoms with Crippen molar-refractivity contribution in [2.75, 3.05) is 6.61 Å². The van der Waals surface area contributed by atoms with E-state index >= 15 is 0 Å². The van der Waals surface area contributed by atoms with Gasteiger partial charge in [-0.2, -0.15) is 0 Å². The molecule has 0 spiro atoms. The molecule has 5 aliphatic rings. The van der Waals surface area contributed by atoms with Gasteiger partial charge in [0.15, 0.2) is 17.2 Å². The van der Waals surface area contributed by atoms with Crippen LogP contribution in [-0.2, 0) is 19.1 Å². The summed E-state index contributed by atoms with van der Waals surface area (Å²) >= 11 is 0. The second-order valence-electron chi connectivity index (χ2n) is 13.0. The van der Waals surface area contributed by atoms with E-state index in [1.54, 1.807) is 12.2 Å². The molecule has 0 bridgehead atoms. The van der Waals surface area contributed by atoms with Crippen molar-refractivity contribution in [1.82, 2.24) is 4.98 Å². The second-order valence-corrected chi connectivity index (χ2v) is 13.0. The zero-order chi connectivity index (χ0) is 27.4. The Bertz CT molecular complexity index is 1470. The Labute approximate surface area is 227 Å². The van der Waals surface area contributed by atoms with E-state index in [2.05, 4.69) is 13.8 Å². The molecule has 0 radical (unpaired) electrons. The predicted molar refractivity (Wildman–Crippen MR) is 143 cm³/mol. The largest absolute Gasteiger partial charge is 0.393 e. The summed E-state index contributed by atoms with van der Waals surface area (Å²) in [6.45, 7) is 5.75. The van der Waals surface area contributed by atoms with E-state index < -0.39 is 47.3 Å². The van der Waals surface area contributed by atoms with E-state index in [0.717, 1.165) is 29.3 Å². The fourth-order valence-corrected chi connectivity index (χ4v) is 9.70. The topological polar surface area (TPSA) is 106 Å². The van der Waals surface area contributed by atoms with Gasteiger partial charge in [0.1, 0.15) is 6.61 Å². The highest BCUT2D eigenvalue weighted by Gasteiger charge is 2.78. The average molecular weight is 530 g/mol. The van der Waals surface area contributed by atoms with Crippen LogP contribution in [0.1, 0.15) is 58.4 Å². The molecule has 0 amide bonds. The van der Waals surface area contributed by atoms with Crippen LogP contribution in [0.3, 0.4) is 0 Å². The Morgan fingerprint density at radius 3 is 2.74 bits per heavy atom. The molecule has 1 aliphatic heterocycles. The Morgan fingerprint density at radius 1 is 1.15 bits per heavy atom. The maximum atomic E-state index is 13.8. The van der Waals surface area contributed by atoms with Gasteiger partial charge in [-0.05, 0) is 61.3 Å². The molecule has 3 saturated carbocycles. The fourth-order valence-electron chi connectivity index (χ4n) is 9.70. The molecule has 7 nitrogen and oxygen atoms in total. The minimum Gasteiger partial charge on any atom is -0.393 e. The van der Waals surface area contributed by atoms with Crippen LogP contribution < -0.4 is 0 Å². The number of carbonyl (C=O) groups is 2. The number of pyridine rings is 1. The quantitative estimate of drug-likeness (QED) is 0.613. The maximum absolute atomic E-state index is 13.8. The first kappa shape index (κ1) is 25.3. The minimum absolute atomic E-state index is 0.000693. The third kappa shape index (κ3) is 3.10. The number of aliphatic hydroxyl groups excluding tert-OH is 2. The number of benzene rings is 1. The summed E-state index contributed by atoms with van der Waals surface area (Å²) in [5, 5.41) is 23.1. The van der Waals surface area contributed by atoms with Gasteiger partial charge in [-0.25, -0.2) is 4.98 Å². The molecule has 4 fully saturated rings. The van der Waals surface area contributed by atoms with Crippen molar-refractivity contribution in [1.29, 1.82) is 0 Å². The van der Waals surface area contributed by atoms with Crippen LogP contribution in [0.15, 0.2) is 60.2 Å². The molecule has 7 rings (SSSR count). The third-order valence-electron chi connectivity index (χ3n) is 11.2. The smallest absolute Gasteiger partial charge is 0.202 e. The zero-order valence-electron chi connectivity index (χ0n) is 22.6. The number of ketones is 2. The van der Waals surface area contributed by atoms with Crippen molar-refractivity contribution in [3.63, 3.8) is 0 Å². The lowest BCUT2D eigenvalue weighted by molar-refractivity contribution is -0.221. The number of rotatable bonds is 3. The van der Waals surface area contributed by atoms with E-state index in [1.807, 2.05) is 49.4 Å². The first-order valence-electron chi connectivity index (χ1n) is 14.0. The average Bonchev–Trinajstić information content (AvgIpc) is 3.42. The van der Waals surface area contributed by atoms with Crippen LogP contribution in [0.2, 0.25) is 0 Å². The standard InChI is InChI=1S/C32H35NO6/c1-29-13-11-20(35)14-19(29)10-12-30(2)24-15-26-32(25(37)17-34,31(24,3)16-23(36)27(29)30)39-28(38-26)22-9-8-18-6-4-5-7-21(18)33-22/h4-9,11,13-14,23-24,26-28,34,36H,10,12,15-17H2,1-3H3/t23-,24-,26+,27+,28?,29-,30-,31-,32?/m0/s1. The van der Waals surface area contributed by atoms with Gasteiger partial charge >= 0.3 is 0 Å². The molecule has 9 atom stereocenters. The summed E-state index contributed by atoms with van der Waals surface area (Å²) in [6, 6.07) is 11.6. The summed E-state index contributed by atoms with van der Waals surface area (Å²) < 4.78 is 13.2. The van der Waals surface area contributed by atoms with Gasteiger partial charge in [-0.15, -0.1) is 0 Å². The predicted octanol–water partition coefficient (Wildman–Crippen LogP) is 4.23. The molecule has 4 aliphatic carbocycles. The number of aliphatic hydroxyl groups is 2. The van der Waals surface area contributed by atoms with Gasteiger partial charge in [0, 0.05) is 22.1 Å². The molecule has 1 saturated heterocycles. The lowest BCUT2D eigenvalue weighted by atomic mass is 9.40. The molecule has 2 heterocycles. The van der Waals surface area contributed by atoms with E-state index in [-0.39, 0.29) is 23.0 Å². The highest BCUT2D eigenvalue weighted by molar-refractivity contribution is 6.01. The molecule has 1 aromatic carbocycles. The molecule has 204 valence electrons. The highest BCUT2D eigenvalue weighted by Crippen LogP contribution is 2.74. The van der Waals surface area contributed by atoms with Crippen molar-refractivity contribution >= 4 is 22.5 Å². The monoisotopic (exact) mass is 529 g/mol. The summed E-state index contributed by atoms with van der Waals surface area (Å²) in [4.78, 5) is 30.7.